The van der Waals surface area contributed by atoms with Crippen LogP contribution in [-0.4, -0.2) is 56.3 Å². The van der Waals surface area contributed by atoms with Gasteiger partial charge in [0.15, 0.2) is 0 Å². The van der Waals surface area contributed by atoms with E-state index in [2.05, 4.69) is 5.32 Å². The van der Waals surface area contributed by atoms with Gasteiger partial charge in [-0.1, -0.05) is 49.2 Å². The fraction of sp³-hybridized carbons (Fsp3) is 0.355. The Bertz CT molecular complexity index is 1560. The first-order valence-electron chi connectivity index (χ1n) is 13.9. The van der Waals surface area contributed by atoms with E-state index in [0.717, 1.165) is 34.3 Å². The van der Waals surface area contributed by atoms with Crippen molar-refractivity contribution < 1.29 is 27.7 Å². The molecule has 0 spiro atoms. The highest BCUT2D eigenvalue weighted by molar-refractivity contribution is 7.92. The van der Waals surface area contributed by atoms with Crippen LogP contribution in [0.3, 0.4) is 0 Å². The topological polar surface area (TPSA) is 139 Å². The quantitative estimate of drug-likeness (QED) is 0.158. The normalized spacial score (nSPS) is 11.8. The lowest BCUT2D eigenvalue weighted by Gasteiger charge is -2.32. The molecule has 2 amide bonds. The van der Waals surface area contributed by atoms with Crippen LogP contribution in [0.2, 0.25) is 0 Å². The van der Waals surface area contributed by atoms with Gasteiger partial charge in [0, 0.05) is 24.7 Å². The molecule has 0 fully saturated rings. The number of nitrogens with one attached hydrogen (secondary N) is 1. The molecule has 0 saturated heterocycles. The summed E-state index contributed by atoms with van der Waals surface area (Å²) in [5, 5.41) is 14.4. The Hall–Kier alpha value is -4.45. The van der Waals surface area contributed by atoms with Crippen LogP contribution in [-0.2, 0) is 26.2 Å². The van der Waals surface area contributed by atoms with Crippen molar-refractivity contribution in [2.75, 3.05) is 24.5 Å². The monoisotopic (exact) mass is 610 g/mol. The maximum Gasteiger partial charge on any atom is 0.273 e. The largest absolute Gasteiger partial charge is 0.497 e. The lowest BCUT2D eigenvalue weighted by molar-refractivity contribution is -0.385. The van der Waals surface area contributed by atoms with E-state index in [0.29, 0.717) is 17.9 Å². The lowest BCUT2D eigenvalue weighted by atomic mass is 10.1. The SMILES string of the molecule is CCCCNC(=O)C(C)N(Cc1cccc(C)c1)C(=O)CN(c1ccc(OC)cc1)S(=O)(=O)c1ccc(C)c([N+](=O)[O-])c1. The molecule has 0 heterocycles. The van der Waals surface area contributed by atoms with Crippen LogP contribution in [0, 0.1) is 24.0 Å². The number of nitro groups is 1. The number of sulfonamides is 1. The highest BCUT2D eigenvalue weighted by Gasteiger charge is 2.33. The summed E-state index contributed by atoms with van der Waals surface area (Å²) in [7, 11) is -3.01. The number of methoxy groups -OCH3 is 1. The molecule has 0 saturated carbocycles. The second-order valence-corrected chi connectivity index (χ2v) is 12.1. The number of hydrogen-bond donors (Lipinski definition) is 1. The standard InChI is InChI=1S/C31H38N4O7S/c1-6-7-17-32-31(37)24(4)33(20-25-10-8-9-22(2)18-25)30(36)21-34(26-12-14-27(42-5)15-13-26)43(40,41)28-16-11-23(3)29(19-28)35(38)39/h8-16,18-19,24H,6-7,17,20-21H2,1-5H3,(H,32,37). The molecule has 0 radical (unpaired) electrons. The molecule has 12 heteroatoms. The van der Waals surface area contributed by atoms with Gasteiger partial charge in [-0.3, -0.25) is 24.0 Å². The first-order valence-corrected chi connectivity index (χ1v) is 15.4. The van der Waals surface area contributed by atoms with E-state index < -0.39 is 33.4 Å². The molecule has 0 aliphatic rings. The van der Waals surface area contributed by atoms with Gasteiger partial charge in [0.1, 0.15) is 18.3 Å². The van der Waals surface area contributed by atoms with Crippen LogP contribution in [0.1, 0.15) is 43.4 Å². The molecule has 3 rings (SSSR count). The van der Waals surface area contributed by atoms with Crippen LogP contribution in [0.25, 0.3) is 0 Å². The fourth-order valence-corrected chi connectivity index (χ4v) is 5.91. The van der Waals surface area contributed by atoms with Crippen molar-refractivity contribution in [3.63, 3.8) is 0 Å². The van der Waals surface area contributed by atoms with E-state index in [4.69, 9.17) is 4.74 Å². The van der Waals surface area contributed by atoms with E-state index >= 15 is 0 Å². The van der Waals surface area contributed by atoms with Crippen molar-refractivity contribution in [2.45, 2.75) is 58.0 Å². The minimum absolute atomic E-state index is 0.0649. The fourth-order valence-electron chi connectivity index (χ4n) is 4.48. The Balaban J connectivity index is 2.07. The minimum Gasteiger partial charge on any atom is -0.497 e. The zero-order valence-corrected chi connectivity index (χ0v) is 25.9. The summed E-state index contributed by atoms with van der Waals surface area (Å²) in [5.74, 6) is -0.514. The van der Waals surface area contributed by atoms with Gasteiger partial charge in [-0.15, -0.1) is 0 Å². The van der Waals surface area contributed by atoms with E-state index in [9.17, 15) is 28.1 Å². The average Bonchev–Trinajstić information content (AvgIpc) is 2.98. The van der Waals surface area contributed by atoms with Crippen LogP contribution < -0.4 is 14.4 Å². The Morgan fingerprint density at radius 1 is 1.05 bits per heavy atom. The Labute approximate surface area is 252 Å². The first kappa shape index (κ1) is 33.1. The van der Waals surface area contributed by atoms with Gasteiger partial charge < -0.3 is 15.0 Å². The van der Waals surface area contributed by atoms with Gasteiger partial charge in [-0.05, 0) is 63.1 Å². The maximum atomic E-state index is 14.0. The smallest absolute Gasteiger partial charge is 0.273 e. The summed E-state index contributed by atoms with van der Waals surface area (Å²) in [6.07, 6.45) is 1.66. The molecule has 0 aliphatic carbocycles. The third-order valence-electron chi connectivity index (χ3n) is 7.04. The van der Waals surface area contributed by atoms with Crippen LogP contribution in [0.5, 0.6) is 5.75 Å². The lowest BCUT2D eigenvalue weighted by Crippen LogP contribution is -2.51. The van der Waals surface area contributed by atoms with E-state index in [-0.39, 0.29) is 28.7 Å². The van der Waals surface area contributed by atoms with Gasteiger partial charge in [0.05, 0.1) is 22.6 Å². The molecule has 11 nitrogen and oxygen atoms in total. The summed E-state index contributed by atoms with van der Waals surface area (Å²) in [5.41, 5.74) is 1.82. The number of ether oxygens (including phenoxy) is 1. The molecular formula is C31H38N4O7S. The third kappa shape index (κ3) is 8.31. The van der Waals surface area contributed by atoms with E-state index in [1.54, 1.807) is 19.1 Å². The molecule has 1 atom stereocenters. The molecule has 43 heavy (non-hydrogen) atoms. The van der Waals surface area contributed by atoms with Crippen molar-refractivity contribution >= 4 is 33.2 Å². The Morgan fingerprint density at radius 3 is 2.35 bits per heavy atom. The third-order valence-corrected chi connectivity index (χ3v) is 8.81. The highest BCUT2D eigenvalue weighted by Crippen LogP contribution is 2.29. The summed E-state index contributed by atoms with van der Waals surface area (Å²) >= 11 is 0. The second-order valence-electron chi connectivity index (χ2n) is 10.2. The number of anilines is 1. The molecule has 0 bridgehead atoms. The molecule has 0 aliphatic heterocycles. The summed E-state index contributed by atoms with van der Waals surface area (Å²) in [6, 6.07) is 16.2. The number of rotatable bonds is 14. The molecule has 3 aromatic carbocycles. The van der Waals surface area contributed by atoms with Crippen molar-refractivity contribution in [2.24, 2.45) is 0 Å². The predicted molar refractivity (Wildman–Crippen MR) is 164 cm³/mol. The predicted octanol–water partition coefficient (Wildman–Crippen LogP) is 4.75. The summed E-state index contributed by atoms with van der Waals surface area (Å²) in [4.78, 5) is 39.1. The van der Waals surface area contributed by atoms with Crippen molar-refractivity contribution in [1.29, 1.82) is 0 Å². The van der Waals surface area contributed by atoms with E-state index in [1.807, 2.05) is 38.1 Å². The number of aryl methyl sites for hydroxylation is 2. The minimum atomic E-state index is -4.48. The van der Waals surface area contributed by atoms with Crippen LogP contribution in [0.4, 0.5) is 11.4 Å². The Morgan fingerprint density at radius 2 is 1.74 bits per heavy atom. The summed E-state index contributed by atoms with van der Waals surface area (Å²) in [6.45, 7) is 6.88. The molecule has 0 aromatic heterocycles. The number of hydrogen-bond acceptors (Lipinski definition) is 7. The van der Waals surface area contributed by atoms with Gasteiger partial charge in [0.2, 0.25) is 11.8 Å². The van der Waals surface area contributed by atoms with Gasteiger partial charge in [0.25, 0.3) is 15.7 Å². The van der Waals surface area contributed by atoms with Crippen molar-refractivity contribution in [3.05, 3.63) is 93.5 Å². The molecule has 1 N–H and O–H groups in total. The number of nitrogens with zero attached hydrogens (tertiary/aromatic N) is 3. The zero-order chi connectivity index (χ0) is 31.7. The number of nitro benzene ring substituents is 1. The summed E-state index contributed by atoms with van der Waals surface area (Å²) < 4.78 is 34.2. The van der Waals surface area contributed by atoms with Gasteiger partial charge in [-0.25, -0.2) is 8.42 Å². The van der Waals surface area contributed by atoms with E-state index in [1.165, 1.54) is 43.2 Å². The number of carbonyl (C=O) groups is 2. The highest BCUT2D eigenvalue weighted by atomic mass is 32.2. The second kappa shape index (κ2) is 14.6. The van der Waals surface area contributed by atoms with Gasteiger partial charge in [-0.2, -0.15) is 0 Å². The first-order chi connectivity index (χ1) is 20.4. The number of carbonyl (C=O) groups excluding carboxylic acids is 2. The number of benzene rings is 3. The van der Waals surface area contributed by atoms with Crippen molar-refractivity contribution in [1.82, 2.24) is 10.2 Å². The average molecular weight is 611 g/mol. The molecular weight excluding hydrogens is 572 g/mol. The maximum absolute atomic E-state index is 14.0. The molecule has 3 aromatic rings. The van der Waals surface area contributed by atoms with Gasteiger partial charge >= 0.3 is 0 Å². The Kier molecular flexibility index (Phi) is 11.2. The van der Waals surface area contributed by atoms with Crippen LogP contribution in [0.15, 0.2) is 71.6 Å². The number of amides is 2. The molecule has 1 unspecified atom stereocenters. The van der Waals surface area contributed by atoms with Crippen LogP contribution >= 0.6 is 0 Å². The zero-order valence-electron chi connectivity index (χ0n) is 25.1. The van der Waals surface area contributed by atoms with Crippen molar-refractivity contribution in [3.8, 4) is 5.75 Å². The number of unbranched alkanes of at least 4 members (excludes halogenated alkanes) is 1. The molecule has 230 valence electrons.